The van der Waals surface area contributed by atoms with Crippen molar-refractivity contribution in [3.8, 4) is 11.1 Å². The maximum Gasteiger partial charge on any atom is 0.126 e. The first kappa shape index (κ1) is 11.7. The van der Waals surface area contributed by atoms with E-state index in [2.05, 4.69) is 0 Å². The molecule has 0 bridgehead atoms. The lowest BCUT2D eigenvalue weighted by Crippen LogP contribution is -2.03. The normalized spacial score (nSPS) is 10.5. The second kappa shape index (κ2) is 5.06. The summed E-state index contributed by atoms with van der Waals surface area (Å²) in [4.78, 5) is 0. The largest absolute Gasteiger partial charge is 0.330 e. The molecule has 0 amide bonds. The zero-order chi connectivity index (χ0) is 12.3. The Hall–Kier alpha value is -1.74. The van der Waals surface area contributed by atoms with Gasteiger partial charge in [0, 0.05) is 6.07 Å². The summed E-state index contributed by atoms with van der Waals surface area (Å²) in [5.74, 6) is -1.13. The van der Waals surface area contributed by atoms with Gasteiger partial charge in [0.05, 0.1) is 0 Å². The van der Waals surface area contributed by atoms with E-state index in [1.807, 2.05) is 24.3 Å². The number of hydrogen-bond acceptors (Lipinski definition) is 1. The molecule has 2 N–H and O–H groups in total. The van der Waals surface area contributed by atoms with Crippen LogP contribution in [0.2, 0.25) is 0 Å². The minimum Gasteiger partial charge on any atom is -0.330 e. The molecule has 2 aromatic carbocycles. The van der Waals surface area contributed by atoms with E-state index >= 15 is 0 Å². The molecule has 0 atom stereocenters. The van der Waals surface area contributed by atoms with E-state index in [4.69, 9.17) is 5.73 Å². The fraction of sp³-hybridized carbons (Fsp3) is 0.143. The number of hydrogen-bond donors (Lipinski definition) is 1. The van der Waals surface area contributed by atoms with Crippen molar-refractivity contribution in [2.45, 2.75) is 6.42 Å². The predicted octanol–water partition coefficient (Wildman–Crippen LogP) is 3.13. The van der Waals surface area contributed by atoms with Gasteiger partial charge < -0.3 is 5.73 Å². The van der Waals surface area contributed by atoms with Gasteiger partial charge in [0.2, 0.25) is 0 Å². The Morgan fingerprint density at radius 2 is 1.59 bits per heavy atom. The molecule has 1 nitrogen and oxygen atoms in total. The molecule has 0 fully saturated rings. The molecule has 0 aliphatic heterocycles. The minimum atomic E-state index is -0.567. The average molecular weight is 233 g/mol. The molecule has 0 aromatic heterocycles. The van der Waals surface area contributed by atoms with Crippen molar-refractivity contribution in [3.63, 3.8) is 0 Å². The molecule has 0 heterocycles. The molecule has 0 spiro atoms. The van der Waals surface area contributed by atoms with Crippen LogP contribution in [0.5, 0.6) is 0 Å². The summed E-state index contributed by atoms with van der Waals surface area (Å²) in [5.41, 5.74) is 7.90. The molecule has 0 aliphatic carbocycles. The summed E-state index contributed by atoms with van der Waals surface area (Å²) < 4.78 is 26.3. The molecule has 88 valence electrons. The van der Waals surface area contributed by atoms with Crippen LogP contribution >= 0.6 is 0 Å². The van der Waals surface area contributed by atoms with Crippen molar-refractivity contribution in [3.05, 3.63) is 59.7 Å². The van der Waals surface area contributed by atoms with Gasteiger partial charge in [0.25, 0.3) is 0 Å². The van der Waals surface area contributed by atoms with Gasteiger partial charge in [-0.1, -0.05) is 24.3 Å². The van der Waals surface area contributed by atoms with Crippen LogP contribution in [-0.2, 0) is 6.42 Å². The predicted molar refractivity (Wildman–Crippen MR) is 64.6 cm³/mol. The minimum absolute atomic E-state index is 0.509. The fourth-order valence-corrected chi connectivity index (χ4v) is 1.88. The fourth-order valence-electron chi connectivity index (χ4n) is 1.88. The number of nitrogens with two attached hydrogens (primary N) is 1. The first-order chi connectivity index (χ1) is 8.20. The van der Waals surface area contributed by atoms with E-state index in [9.17, 15) is 8.78 Å². The molecule has 0 saturated heterocycles. The molecule has 3 heteroatoms. The average Bonchev–Trinajstić information content (AvgIpc) is 2.29. The highest BCUT2D eigenvalue weighted by molar-refractivity contribution is 5.67. The number of halogens is 2. The second-order valence-corrected chi connectivity index (χ2v) is 3.85. The van der Waals surface area contributed by atoms with Crippen molar-refractivity contribution in [1.29, 1.82) is 0 Å². The number of rotatable bonds is 3. The first-order valence-electron chi connectivity index (χ1n) is 5.45. The summed E-state index contributed by atoms with van der Waals surface area (Å²) >= 11 is 0. The SMILES string of the molecule is NCCc1ccccc1-c1cc(F)cc(F)c1. The van der Waals surface area contributed by atoms with Gasteiger partial charge >= 0.3 is 0 Å². The maximum absolute atomic E-state index is 13.2. The van der Waals surface area contributed by atoms with Gasteiger partial charge in [-0.2, -0.15) is 0 Å². The van der Waals surface area contributed by atoms with Crippen LogP contribution in [0.3, 0.4) is 0 Å². The Kier molecular flexibility index (Phi) is 3.49. The van der Waals surface area contributed by atoms with Crippen molar-refractivity contribution in [1.82, 2.24) is 0 Å². The standard InChI is InChI=1S/C14H13F2N/c15-12-7-11(8-13(16)9-12)14-4-2-1-3-10(14)5-6-17/h1-4,7-9H,5-6,17H2. The third-order valence-electron chi connectivity index (χ3n) is 2.60. The summed E-state index contributed by atoms with van der Waals surface area (Å²) in [6.45, 7) is 0.509. The van der Waals surface area contributed by atoms with Crippen LogP contribution in [0, 0.1) is 11.6 Å². The van der Waals surface area contributed by atoms with E-state index in [1.54, 1.807) is 0 Å². The van der Waals surface area contributed by atoms with E-state index in [0.717, 1.165) is 17.2 Å². The van der Waals surface area contributed by atoms with E-state index < -0.39 is 11.6 Å². The van der Waals surface area contributed by atoms with Gasteiger partial charge in [0.1, 0.15) is 11.6 Å². The Morgan fingerprint density at radius 3 is 2.24 bits per heavy atom. The molecule has 17 heavy (non-hydrogen) atoms. The van der Waals surface area contributed by atoms with Crippen molar-refractivity contribution in [2.24, 2.45) is 5.73 Å². The lowest BCUT2D eigenvalue weighted by molar-refractivity contribution is 0.584. The van der Waals surface area contributed by atoms with Crippen LogP contribution in [0.1, 0.15) is 5.56 Å². The molecule has 0 saturated carbocycles. The molecule has 2 aromatic rings. The van der Waals surface area contributed by atoms with Crippen molar-refractivity contribution in [2.75, 3.05) is 6.54 Å². The van der Waals surface area contributed by atoms with Crippen LogP contribution < -0.4 is 5.73 Å². The van der Waals surface area contributed by atoms with Gasteiger partial charge in [-0.15, -0.1) is 0 Å². The van der Waals surface area contributed by atoms with E-state index in [0.29, 0.717) is 18.5 Å². The molecular formula is C14H13F2N. The molecule has 0 radical (unpaired) electrons. The Balaban J connectivity index is 2.51. The quantitative estimate of drug-likeness (QED) is 0.866. The highest BCUT2D eigenvalue weighted by atomic mass is 19.1. The van der Waals surface area contributed by atoms with Gasteiger partial charge in [-0.25, -0.2) is 8.78 Å². The lowest BCUT2D eigenvalue weighted by atomic mass is 9.97. The highest BCUT2D eigenvalue weighted by Crippen LogP contribution is 2.25. The molecule has 0 aliphatic rings. The summed E-state index contributed by atoms with van der Waals surface area (Å²) in [6, 6.07) is 11.0. The third-order valence-corrected chi connectivity index (χ3v) is 2.60. The zero-order valence-electron chi connectivity index (χ0n) is 9.29. The van der Waals surface area contributed by atoms with Crippen molar-refractivity contribution >= 4 is 0 Å². The zero-order valence-corrected chi connectivity index (χ0v) is 9.29. The second-order valence-electron chi connectivity index (χ2n) is 3.85. The topological polar surface area (TPSA) is 26.0 Å². The Bertz CT molecular complexity index is 503. The van der Waals surface area contributed by atoms with Crippen LogP contribution in [0.25, 0.3) is 11.1 Å². The maximum atomic E-state index is 13.2. The smallest absolute Gasteiger partial charge is 0.126 e. The summed E-state index contributed by atoms with van der Waals surface area (Å²) in [6.07, 6.45) is 0.689. The van der Waals surface area contributed by atoms with Gasteiger partial charge in [0.15, 0.2) is 0 Å². The third kappa shape index (κ3) is 2.68. The van der Waals surface area contributed by atoms with Gasteiger partial charge in [-0.3, -0.25) is 0 Å². The Labute approximate surface area is 98.9 Å². The van der Waals surface area contributed by atoms with Gasteiger partial charge in [-0.05, 0) is 41.8 Å². The van der Waals surface area contributed by atoms with Crippen LogP contribution in [0.15, 0.2) is 42.5 Å². The molecule has 2 rings (SSSR count). The Morgan fingerprint density at radius 1 is 0.941 bits per heavy atom. The monoisotopic (exact) mass is 233 g/mol. The number of benzene rings is 2. The molecular weight excluding hydrogens is 220 g/mol. The summed E-state index contributed by atoms with van der Waals surface area (Å²) in [5, 5.41) is 0. The van der Waals surface area contributed by atoms with E-state index in [1.165, 1.54) is 12.1 Å². The van der Waals surface area contributed by atoms with Crippen LogP contribution in [-0.4, -0.2) is 6.54 Å². The van der Waals surface area contributed by atoms with E-state index in [-0.39, 0.29) is 0 Å². The lowest BCUT2D eigenvalue weighted by Gasteiger charge is -2.09. The molecule has 0 unspecified atom stereocenters. The summed E-state index contributed by atoms with van der Waals surface area (Å²) in [7, 11) is 0. The van der Waals surface area contributed by atoms with Crippen LogP contribution in [0.4, 0.5) is 8.78 Å². The van der Waals surface area contributed by atoms with Crippen molar-refractivity contribution < 1.29 is 8.78 Å². The first-order valence-corrected chi connectivity index (χ1v) is 5.45. The highest BCUT2D eigenvalue weighted by Gasteiger charge is 2.07.